The van der Waals surface area contributed by atoms with Gasteiger partial charge in [-0.1, -0.05) is 5.16 Å². The van der Waals surface area contributed by atoms with Crippen molar-refractivity contribution in [1.29, 1.82) is 0 Å². The molecule has 1 rings (SSSR count). The molecule has 0 spiro atoms. The highest BCUT2D eigenvalue weighted by molar-refractivity contribution is 5.80. The molecule has 0 aromatic heterocycles. The van der Waals surface area contributed by atoms with E-state index in [1.54, 1.807) is 0 Å². The predicted octanol–water partition coefficient (Wildman–Crippen LogP) is -0.462. The van der Waals surface area contributed by atoms with Gasteiger partial charge in [0.2, 0.25) is 0 Å². The number of nitrogens with zero attached hydrogens (tertiary/aromatic N) is 1. The molecular weight excluding hydrogens is 148 g/mol. The van der Waals surface area contributed by atoms with E-state index in [0.29, 0.717) is 6.61 Å². The molecule has 64 valence electrons. The number of amidine groups is 1. The third-order valence-electron chi connectivity index (χ3n) is 1.48. The normalized spacial score (nSPS) is 25.8. The third-order valence-corrected chi connectivity index (χ3v) is 1.48. The molecular formula is C6H12N2O3. The predicted molar refractivity (Wildman–Crippen MR) is 38.6 cm³/mol. The molecule has 1 aliphatic heterocycles. The van der Waals surface area contributed by atoms with Crippen LogP contribution in [0.3, 0.4) is 0 Å². The Morgan fingerprint density at radius 3 is 3.18 bits per heavy atom. The first-order valence-electron chi connectivity index (χ1n) is 3.48. The fourth-order valence-electron chi connectivity index (χ4n) is 0.876. The van der Waals surface area contributed by atoms with Crippen LogP contribution in [0.1, 0.15) is 6.42 Å². The topological polar surface area (TPSA) is 77.1 Å². The van der Waals surface area contributed by atoms with Crippen LogP contribution < -0.4 is 5.73 Å². The molecule has 1 aliphatic rings. The van der Waals surface area contributed by atoms with Crippen molar-refractivity contribution >= 4 is 5.84 Å². The summed E-state index contributed by atoms with van der Waals surface area (Å²) in [6.07, 6.45) is 0.994. The lowest BCUT2D eigenvalue weighted by Gasteiger charge is -2.07. The second kappa shape index (κ2) is 4.15. The van der Waals surface area contributed by atoms with Gasteiger partial charge in [-0.3, -0.25) is 0 Å². The molecule has 0 aromatic rings. The Morgan fingerprint density at radius 2 is 2.64 bits per heavy atom. The molecule has 1 heterocycles. The summed E-state index contributed by atoms with van der Waals surface area (Å²) < 4.78 is 10.3. The summed E-state index contributed by atoms with van der Waals surface area (Å²) in [4.78, 5) is 0. The van der Waals surface area contributed by atoms with Crippen molar-refractivity contribution < 1.29 is 14.7 Å². The summed E-state index contributed by atoms with van der Waals surface area (Å²) in [6, 6.07) is 0. The second-order valence-electron chi connectivity index (χ2n) is 2.39. The minimum atomic E-state index is 0.0944. The highest BCUT2D eigenvalue weighted by Gasteiger charge is 2.15. The molecule has 1 saturated heterocycles. The first-order chi connectivity index (χ1) is 5.33. The molecule has 5 nitrogen and oxygen atoms in total. The van der Waals surface area contributed by atoms with Gasteiger partial charge in [-0.25, -0.2) is 0 Å². The van der Waals surface area contributed by atoms with E-state index in [4.69, 9.17) is 20.4 Å². The lowest BCUT2D eigenvalue weighted by molar-refractivity contribution is 0.0646. The highest BCUT2D eigenvalue weighted by atomic mass is 16.5. The van der Waals surface area contributed by atoms with Crippen molar-refractivity contribution in [1.82, 2.24) is 0 Å². The van der Waals surface area contributed by atoms with E-state index in [1.165, 1.54) is 0 Å². The van der Waals surface area contributed by atoms with E-state index in [2.05, 4.69) is 5.16 Å². The summed E-state index contributed by atoms with van der Waals surface area (Å²) in [5.74, 6) is 0.0944. The van der Waals surface area contributed by atoms with Gasteiger partial charge >= 0.3 is 0 Å². The maximum Gasteiger partial charge on any atom is 0.165 e. The van der Waals surface area contributed by atoms with Gasteiger partial charge in [0.1, 0.15) is 6.61 Å². The zero-order chi connectivity index (χ0) is 8.10. The van der Waals surface area contributed by atoms with Crippen molar-refractivity contribution in [2.24, 2.45) is 10.9 Å². The number of rotatable bonds is 3. The van der Waals surface area contributed by atoms with Crippen LogP contribution in [-0.2, 0) is 9.47 Å². The molecule has 11 heavy (non-hydrogen) atoms. The fraction of sp³-hybridized carbons (Fsp3) is 0.833. The van der Waals surface area contributed by atoms with Crippen LogP contribution in [0.4, 0.5) is 0 Å². The van der Waals surface area contributed by atoms with E-state index in [0.717, 1.165) is 13.0 Å². The van der Waals surface area contributed by atoms with E-state index in [1.807, 2.05) is 0 Å². The van der Waals surface area contributed by atoms with Crippen LogP contribution >= 0.6 is 0 Å². The third kappa shape index (κ3) is 2.73. The number of hydrogen-bond acceptors (Lipinski definition) is 4. The average molecular weight is 160 g/mol. The number of ether oxygens (including phenoxy) is 2. The Balaban J connectivity index is 2.11. The number of oxime groups is 1. The van der Waals surface area contributed by atoms with Gasteiger partial charge in [0.25, 0.3) is 0 Å². The first-order valence-corrected chi connectivity index (χ1v) is 3.48. The number of hydrogen-bond donors (Lipinski definition) is 2. The van der Waals surface area contributed by atoms with Gasteiger partial charge < -0.3 is 20.4 Å². The standard InChI is InChI=1S/C6H12N2O3/c7-6(8-9)4-11-5-1-2-10-3-5/h5,9H,1-4H2,(H2,7,8). The average Bonchev–Trinajstić information content (AvgIpc) is 2.52. The zero-order valence-corrected chi connectivity index (χ0v) is 6.19. The molecule has 0 radical (unpaired) electrons. The smallest absolute Gasteiger partial charge is 0.165 e. The molecule has 1 fully saturated rings. The van der Waals surface area contributed by atoms with Gasteiger partial charge in [0, 0.05) is 6.61 Å². The van der Waals surface area contributed by atoms with Gasteiger partial charge in [-0.05, 0) is 6.42 Å². The van der Waals surface area contributed by atoms with Gasteiger partial charge in [-0.2, -0.15) is 0 Å². The Bertz CT molecular complexity index is 143. The first kappa shape index (κ1) is 8.29. The molecule has 0 aliphatic carbocycles. The molecule has 3 N–H and O–H groups in total. The molecule has 0 saturated carbocycles. The largest absolute Gasteiger partial charge is 0.409 e. The molecule has 1 atom stereocenters. The Hall–Kier alpha value is -0.810. The second-order valence-corrected chi connectivity index (χ2v) is 2.39. The number of nitrogens with two attached hydrogens (primary N) is 1. The molecule has 0 bridgehead atoms. The van der Waals surface area contributed by atoms with Crippen LogP contribution in [0.2, 0.25) is 0 Å². The van der Waals surface area contributed by atoms with Crippen molar-refractivity contribution in [3.63, 3.8) is 0 Å². The van der Waals surface area contributed by atoms with E-state index < -0.39 is 0 Å². The van der Waals surface area contributed by atoms with Crippen LogP contribution in [0, 0.1) is 0 Å². The van der Waals surface area contributed by atoms with E-state index in [9.17, 15) is 0 Å². The molecule has 1 unspecified atom stereocenters. The maximum absolute atomic E-state index is 8.16. The van der Waals surface area contributed by atoms with Crippen LogP contribution in [0.5, 0.6) is 0 Å². The Morgan fingerprint density at radius 1 is 1.82 bits per heavy atom. The van der Waals surface area contributed by atoms with Crippen molar-refractivity contribution in [2.75, 3.05) is 19.8 Å². The van der Waals surface area contributed by atoms with Crippen LogP contribution in [0.15, 0.2) is 5.16 Å². The van der Waals surface area contributed by atoms with Gasteiger partial charge in [0.05, 0.1) is 12.7 Å². The van der Waals surface area contributed by atoms with Gasteiger partial charge in [-0.15, -0.1) is 0 Å². The molecule has 5 heteroatoms. The summed E-state index contributed by atoms with van der Waals surface area (Å²) in [5, 5.41) is 10.9. The Kier molecular flexibility index (Phi) is 3.13. The summed E-state index contributed by atoms with van der Waals surface area (Å²) in [7, 11) is 0. The lowest BCUT2D eigenvalue weighted by Crippen LogP contribution is -2.24. The molecule has 0 amide bonds. The summed E-state index contributed by atoms with van der Waals surface area (Å²) >= 11 is 0. The minimum absolute atomic E-state index is 0.0944. The quantitative estimate of drug-likeness (QED) is 0.253. The Labute approximate surface area is 64.8 Å². The van der Waals surface area contributed by atoms with Gasteiger partial charge in [0.15, 0.2) is 5.84 Å². The van der Waals surface area contributed by atoms with Crippen LogP contribution in [0.25, 0.3) is 0 Å². The minimum Gasteiger partial charge on any atom is -0.409 e. The highest BCUT2D eigenvalue weighted by Crippen LogP contribution is 2.07. The SMILES string of the molecule is NC(COC1CCOC1)=NO. The van der Waals surface area contributed by atoms with E-state index >= 15 is 0 Å². The summed E-state index contributed by atoms with van der Waals surface area (Å²) in [6.45, 7) is 1.52. The zero-order valence-electron chi connectivity index (χ0n) is 6.19. The van der Waals surface area contributed by atoms with Crippen LogP contribution in [-0.4, -0.2) is 37.0 Å². The fourth-order valence-corrected chi connectivity index (χ4v) is 0.876. The van der Waals surface area contributed by atoms with E-state index in [-0.39, 0.29) is 18.5 Å². The summed E-state index contributed by atoms with van der Waals surface area (Å²) in [5.41, 5.74) is 5.19. The monoisotopic (exact) mass is 160 g/mol. The van der Waals surface area contributed by atoms with Crippen molar-refractivity contribution in [3.05, 3.63) is 0 Å². The maximum atomic E-state index is 8.16. The molecule has 0 aromatic carbocycles. The van der Waals surface area contributed by atoms with Crippen molar-refractivity contribution in [2.45, 2.75) is 12.5 Å². The van der Waals surface area contributed by atoms with Crippen molar-refractivity contribution in [3.8, 4) is 0 Å². The lowest BCUT2D eigenvalue weighted by atomic mass is 10.3.